The number of likely N-dealkylation sites (tertiary alicyclic amines) is 1. The molecule has 0 bridgehead atoms. The molecule has 0 aliphatic carbocycles. The van der Waals surface area contributed by atoms with Crippen LogP contribution in [-0.4, -0.2) is 51.1 Å². The van der Waals surface area contributed by atoms with E-state index in [-0.39, 0.29) is 12.5 Å². The lowest BCUT2D eigenvalue weighted by atomic mass is 10.2. The van der Waals surface area contributed by atoms with Gasteiger partial charge in [0, 0.05) is 35.2 Å². The minimum atomic E-state index is -0.417. The van der Waals surface area contributed by atoms with Crippen LogP contribution < -0.4 is 4.74 Å². The summed E-state index contributed by atoms with van der Waals surface area (Å²) in [6, 6.07) is 17.4. The highest BCUT2D eigenvalue weighted by atomic mass is 35.5. The Hall–Kier alpha value is -3.49. The molecule has 0 spiro atoms. The summed E-state index contributed by atoms with van der Waals surface area (Å²) in [5.74, 6) is 0.160. The molecule has 0 N–H and O–H groups in total. The topological polar surface area (TPSA) is 71.9 Å². The molecule has 2 aliphatic rings. The van der Waals surface area contributed by atoms with Crippen LogP contribution in [0.3, 0.4) is 0 Å². The van der Waals surface area contributed by atoms with Crippen LogP contribution in [0.1, 0.15) is 35.4 Å². The van der Waals surface area contributed by atoms with Crippen molar-refractivity contribution in [2.45, 2.75) is 33.3 Å². The van der Waals surface area contributed by atoms with E-state index in [4.69, 9.17) is 16.3 Å². The molecular weight excluding hydrogens is 522 g/mol. The summed E-state index contributed by atoms with van der Waals surface area (Å²) >= 11 is 6.83. The monoisotopic (exact) mass is 549 g/mol. The zero-order valence-electron chi connectivity index (χ0n) is 21.3. The molecule has 3 amide bonds. The van der Waals surface area contributed by atoms with Crippen molar-refractivity contribution in [3.63, 3.8) is 0 Å². The third-order valence-corrected chi connectivity index (χ3v) is 7.96. The van der Waals surface area contributed by atoms with Gasteiger partial charge in [0.1, 0.15) is 18.9 Å². The van der Waals surface area contributed by atoms with Gasteiger partial charge in [0.05, 0.1) is 4.91 Å². The van der Waals surface area contributed by atoms with Gasteiger partial charge in [-0.15, -0.1) is 0 Å². The van der Waals surface area contributed by atoms with Crippen LogP contribution in [0.2, 0.25) is 5.02 Å². The summed E-state index contributed by atoms with van der Waals surface area (Å²) in [5.41, 5.74) is 4.78. The van der Waals surface area contributed by atoms with E-state index in [0.717, 1.165) is 63.5 Å². The molecule has 2 aliphatic heterocycles. The molecule has 0 atom stereocenters. The van der Waals surface area contributed by atoms with Gasteiger partial charge in [0.25, 0.3) is 11.1 Å². The summed E-state index contributed by atoms with van der Waals surface area (Å²) in [5, 5.41) is 0.287. The number of rotatable bonds is 7. The van der Waals surface area contributed by atoms with Crippen molar-refractivity contribution in [1.29, 1.82) is 0 Å². The van der Waals surface area contributed by atoms with Crippen LogP contribution in [0.5, 0.6) is 5.75 Å². The van der Waals surface area contributed by atoms with E-state index in [9.17, 15) is 14.4 Å². The second-order valence-corrected chi connectivity index (χ2v) is 10.9. The highest BCUT2D eigenvalue weighted by Crippen LogP contribution is 2.34. The molecule has 5 rings (SSSR count). The molecule has 1 aromatic heterocycles. The number of hydrogen-bond acceptors (Lipinski definition) is 5. The highest BCUT2D eigenvalue weighted by molar-refractivity contribution is 8.18. The van der Waals surface area contributed by atoms with Gasteiger partial charge < -0.3 is 14.2 Å². The van der Waals surface area contributed by atoms with Crippen molar-refractivity contribution < 1.29 is 19.1 Å². The molecule has 0 radical (unpaired) electrons. The van der Waals surface area contributed by atoms with Crippen LogP contribution in [0.4, 0.5) is 4.79 Å². The van der Waals surface area contributed by atoms with E-state index in [1.807, 2.05) is 68.4 Å². The Kier molecular flexibility index (Phi) is 7.63. The molecule has 2 fully saturated rings. The van der Waals surface area contributed by atoms with E-state index in [2.05, 4.69) is 4.57 Å². The first-order valence-electron chi connectivity index (χ1n) is 12.5. The van der Waals surface area contributed by atoms with Gasteiger partial charge in [-0.25, -0.2) is 0 Å². The Bertz CT molecular complexity index is 1410. The van der Waals surface area contributed by atoms with Crippen molar-refractivity contribution in [3.8, 4) is 11.4 Å². The first-order valence-corrected chi connectivity index (χ1v) is 13.7. The zero-order valence-corrected chi connectivity index (χ0v) is 22.8. The summed E-state index contributed by atoms with van der Waals surface area (Å²) < 4.78 is 8.00. The average Bonchev–Trinajstić information content (AvgIpc) is 3.60. The van der Waals surface area contributed by atoms with E-state index in [0.29, 0.717) is 29.6 Å². The normalized spacial score (nSPS) is 16.7. The molecule has 3 heterocycles. The predicted octanol–water partition coefficient (Wildman–Crippen LogP) is 5.99. The molecule has 3 aromatic rings. The fourth-order valence-electron chi connectivity index (χ4n) is 4.75. The zero-order chi connectivity index (χ0) is 26.8. The predicted molar refractivity (Wildman–Crippen MR) is 150 cm³/mol. The van der Waals surface area contributed by atoms with E-state index in [1.165, 1.54) is 0 Å². The Morgan fingerprint density at radius 1 is 1.03 bits per heavy atom. The van der Waals surface area contributed by atoms with Crippen LogP contribution in [0.25, 0.3) is 11.8 Å². The molecular formula is C29H28ClN3O4S. The molecule has 2 aromatic carbocycles. The van der Waals surface area contributed by atoms with Crippen LogP contribution in [0, 0.1) is 13.8 Å². The maximum absolute atomic E-state index is 13.0. The van der Waals surface area contributed by atoms with Gasteiger partial charge in [-0.3, -0.25) is 19.3 Å². The van der Waals surface area contributed by atoms with Crippen LogP contribution in [0.15, 0.2) is 59.5 Å². The largest absolute Gasteiger partial charge is 0.489 e. The number of carbonyl (C=O) groups is 3. The van der Waals surface area contributed by atoms with E-state index < -0.39 is 11.1 Å². The number of halogens is 1. The third kappa shape index (κ3) is 5.51. The number of ether oxygens (including phenoxy) is 1. The summed E-state index contributed by atoms with van der Waals surface area (Å²) in [6.07, 6.45) is 3.66. The van der Waals surface area contributed by atoms with Gasteiger partial charge in [-0.05, 0) is 98.1 Å². The number of nitrogens with zero attached hydrogens (tertiary/aromatic N) is 3. The second kappa shape index (κ2) is 11.1. The SMILES string of the molecule is Cc1cc(/C=C2/SC(=O)N(CC(=O)N3CCCC3)C2=O)c(C)n1-c1ccc(OCc2ccc(Cl)cc2)cc1. The second-order valence-electron chi connectivity index (χ2n) is 9.43. The Morgan fingerprint density at radius 3 is 2.39 bits per heavy atom. The van der Waals surface area contributed by atoms with Crippen molar-refractivity contribution in [3.05, 3.63) is 87.0 Å². The molecule has 38 heavy (non-hydrogen) atoms. The number of benzene rings is 2. The maximum atomic E-state index is 13.0. The summed E-state index contributed by atoms with van der Waals surface area (Å²) in [6.45, 7) is 5.59. The van der Waals surface area contributed by atoms with Gasteiger partial charge in [0.15, 0.2) is 0 Å². The number of hydrogen-bond donors (Lipinski definition) is 0. The number of aryl methyl sites for hydroxylation is 1. The molecule has 7 nitrogen and oxygen atoms in total. The number of amides is 3. The lowest BCUT2D eigenvalue weighted by Crippen LogP contribution is -2.40. The summed E-state index contributed by atoms with van der Waals surface area (Å²) in [7, 11) is 0. The lowest BCUT2D eigenvalue weighted by Gasteiger charge is -2.18. The van der Waals surface area contributed by atoms with Crippen molar-refractivity contribution in [2.24, 2.45) is 0 Å². The molecule has 0 unspecified atom stereocenters. The van der Waals surface area contributed by atoms with Crippen molar-refractivity contribution >= 4 is 46.5 Å². The number of aromatic nitrogens is 1. The standard InChI is InChI=1S/C29H28ClN3O4S/c1-19-15-22(16-26-28(35)32(29(36)38-26)17-27(34)31-13-3-4-14-31)20(2)33(19)24-9-11-25(12-10-24)37-18-21-5-7-23(30)8-6-21/h5-12,15-16H,3-4,13-14,17-18H2,1-2H3/b26-16+. The van der Waals surface area contributed by atoms with Gasteiger partial charge in [-0.2, -0.15) is 0 Å². The number of thioether (sulfide) groups is 1. The Balaban J connectivity index is 1.29. The highest BCUT2D eigenvalue weighted by Gasteiger charge is 2.37. The van der Waals surface area contributed by atoms with Crippen molar-refractivity contribution in [2.75, 3.05) is 19.6 Å². The maximum Gasteiger partial charge on any atom is 0.294 e. The molecule has 9 heteroatoms. The van der Waals surface area contributed by atoms with Crippen LogP contribution in [-0.2, 0) is 16.2 Å². The van der Waals surface area contributed by atoms with Crippen molar-refractivity contribution in [1.82, 2.24) is 14.4 Å². The first kappa shape index (κ1) is 26.1. The summed E-state index contributed by atoms with van der Waals surface area (Å²) in [4.78, 5) is 41.1. The molecule has 196 valence electrons. The fraction of sp³-hybridized carbons (Fsp3) is 0.276. The fourth-order valence-corrected chi connectivity index (χ4v) is 5.70. The lowest BCUT2D eigenvalue weighted by molar-refractivity contribution is -0.135. The molecule has 0 saturated carbocycles. The quantitative estimate of drug-likeness (QED) is 0.339. The van der Waals surface area contributed by atoms with E-state index in [1.54, 1.807) is 11.0 Å². The Labute approximate surface area is 231 Å². The van der Waals surface area contributed by atoms with Gasteiger partial charge >= 0.3 is 0 Å². The minimum absolute atomic E-state index is 0.176. The average molecular weight is 550 g/mol. The number of imide groups is 1. The Morgan fingerprint density at radius 2 is 1.71 bits per heavy atom. The number of carbonyl (C=O) groups excluding carboxylic acids is 3. The minimum Gasteiger partial charge on any atom is -0.489 e. The molecule has 2 saturated heterocycles. The first-order chi connectivity index (χ1) is 18.3. The van der Waals surface area contributed by atoms with E-state index >= 15 is 0 Å². The smallest absolute Gasteiger partial charge is 0.294 e. The van der Waals surface area contributed by atoms with Crippen LogP contribution >= 0.6 is 23.4 Å². The van der Waals surface area contributed by atoms with Gasteiger partial charge in [-0.1, -0.05) is 23.7 Å². The van der Waals surface area contributed by atoms with Gasteiger partial charge in [0.2, 0.25) is 5.91 Å². The third-order valence-electron chi connectivity index (χ3n) is 6.80.